The van der Waals surface area contributed by atoms with Crippen LogP contribution in [0.15, 0.2) is 24.3 Å². The van der Waals surface area contributed by atoms with Gasteiger partial charge in [0.1, 0.15) is 5.75 Å². The minimum atomic E-state index is 0.321. The first-order chi connectivity index (χ1) is 8.63. The molecule has 1 aromatic carbocycles. The van der Waals surface area contributed by atoms with Gasteiger partial charge in [0.2, 0.25) is 0 Å². The highest BCUT2D eigenvalue weighted by molar-refractivity contribution is 5.29. The first-order valence-corrected chi connectivity index (χ1v) is 6.97. The Bertz CT molecular complexity index is 351. The Labute approximate surface area is 112 Å². The van der Waals surface area contributed by atoms with Gasteiger partial charge in [-0.05, 0) is 48.9 Å². The summed E-state index contributed by atoms with van der Waals surface area (Å²) in [6.45, 7) is 9.02. The Morgan fingerprint density at radius 3 is 2.67 bits per heavy atom. The van der Waals surface area contributed by atoms with Crippen molar-refractivity contribution < 1.29 is 4.74 Å². The molecule has 0 radical (unpaired) electrons. The molecule has 1 N–H and O–H groups in total. The molecule has 0 aliphatic rings. The van der Waals surface area contributed by atoms with Gasteiger partial charge < -0.3 is 10.1 Å². The van der Waals surface area contributed by atoms with Crippen molar-refractivity contribution in [2.75, 3.05) is 20.2 Å². The molecule has 2 nitrogen and oxygen atoms in total. The van der Waals surface area contributed by atoms with Crippen molar-refractivity contribution in [1.82, 2.24) is 5.32 Å². The number of benzene rings is 1. The summed E-state index contributed by atoms with van der Waals surface area (Å²) in [6.07, 6.45) is 3.47. The number of rotatable bonds is 8. The highest BCUT2D eigenvalue weighted by Crippen LogP contribution is 2.27. The Morgan fingerprint density at radius 2 is 2.06 bits per heavy atom. The molecule has 18 heavy (non-hydrogen) atoms. The van der Waals surface area contributed by atoms with Crippen molar-refractivity contribution >= 4 is 0 Å². The lowest BCUT2D eigenvalue weighted by molar-refractivity contribution is 0.290. The van der Waals surface area contributed by atoms with Crippen molar-refractivity contribution in [1.29, 1.82) is 0 Å². The van der Waals surface area contributed by atoms with Crippen LogP contribution in [0.2, 0.25) is 0 Å². The molecular formula is C16H27NO. The Balaban J connectivity index is 2.65. The Kier molecular flexibility index (Phi) is 6.20. The lowest BCUT2D eigenvalue weighted by Crippen LogP contribution is -2.33. The molecule has 0 amide bonds. The van der Waals surface area contributed by atoms with Gasteiger partial charge in [-0.3, -0.25) is 0 Å². The highest BCUT2D eigenvalue weighted by atomic mass is 16.5. The SMILES string of the molecule is CCCNCC(C)(CC)Cc1cccc(OC)c1. The fraction of sp³-hybridized carbons (Fsp3) is 0.625. The van der Waals surface area contributed by atoms with E-state index in [4.69, 9.17) is 4.74 Å². The van der Waals surface area contributed by atoms with Crippen molar-refractivity contribution in [2.45, 2.75) is 40.0 Å². The second-order valence-corrected chi connectivity index (χ2v) is 5.37. The van der Waals surface area contributed by atoms with Crippen LogP contribution in [0.1, 0.15) is 39.2 Å². The maximum absolute atomic E-state index is 5.29. The third-order valence-corrected chi connectivity index (χ3v) is 3.60. The number of methoxy groups -OCH3 is 1. The van der Waals surface area contributed by atoms with E-state index in [2.05, 4.69) is 44.3 Å². The summed E-state index contributed by atoms with van der Waals surface area (Å²) >= 11 is 0. The molecule has 1 rings (SSSR count). The van der Waals surface area contributed by atoms with Gasteiger partial charge >= 0.3 is 0 Å². The molecule has 102 valence electrons. The lowest BCUT2D eigenvalue weighted by atomic mass is 9.81. The van der Waals surface area contributed by atoms with Crippen LogP contribution < -0.4 is 10.1 Å². The average Bonchev–Trinajstić information content (AvgIpc) is 2.39. The normalized spacial score (nSPS) is 14.2. The summed E-state index contributed by atoms with van der Waals surface area (Å²) < 4.78 is 5.29. The van der Waals surface area contributed by atoms with E-state index in [1.807, 2.05) is 6.07 Å². The zero-order chi connectivity index (χ0) is 13.4. The van der Waals surface area contributed by atoms with Gasteiger partial charge in [-0.1, -0.05) is 32.9 Å². The first kappa shape index (κ1) is 15.0. The van der Waals surface area contributed by atoms with E-state index < -0.39 is 0 Å². The molecule has 1 atom stereocenters. The van der Waals surface area contributed by atoms with Crippen LogP contribution in [0.4, 0.5) is 0 Å². The van der Waals surface area contributed by atoms with E-state index in [0.29, 0.717) is 5.41 Å². The molecule has 0 heterocycles. The zero-order valence-electron chi connectivity index (χ0n) is 12.3. The van der Waals surface area contributed by atoms with Gasteiger partial charge in [0, 0.05) is 6.54 Å². The molecular weight excluding hydrogens is 222 g/mol. The molecule has 0 aliphatic heterocycles. The molecule has 0 spiro atoms. The van der Waals surface area contributed by atoms with E-state index in [0.717, 1.165) is 25.3 Å². The molecule has 0 saturated heterocycles. The van der Waals surface area contributed by atoms with Crippen molar-refractivity contribution in [3.63, 3.8) is 0 Å². The summed E-state index contributed by atoms with van der Waals surface area (Å²) in [7, 11) is 1.72. The van der Waals surface area contributed by atoms with Crippen molar-refractivity contribution in [2.24, 2.45) is 5.41 Å². The summed E-state index contributed by atoms with van der Waals surface area (Å²) in [5.41, 5.74) is 1.68. The third-order valence-electron chi connectivity index (χ3n) is 3.60. The predicted molar refractivity (Wildman–Crippen MR) is 78.3 cm³/mol. The van der Waals surface area contributed by atoms with E-state index in [-0.39, 0.29) is 0 Å². The van der Waals surface area contributed by atoms with Gasteiger partial charge in [0.25, 0.3) is 0 Å². The summed E-state index contributed by atoms with van der Waals surface area (Å²) in [5.74, 6) is 0.951. The highest BCUT2D eigenvalue weighted by Gasteiger charge is 2.22. The predicted octanol–water partition coefficient (Wildman–Crippen LogP) is 3.65. The minimum absolute atomic E-state index is 0.321. The summed E-state index contributed by atoms with van der Waals surface area (Å²) in [6, 6.07) is 8.41. The minimum Gasteiger partial charge on any atom is -0.497 e. The topological polar surface area (TPSA) is 21.3 Å². The van der Waals surface area contributed by atoms with Crippen LogP contribution in [0.3, 0.4) is 0 Å². The smallest absolute Gasteiger partial charge is 0.119 e. The van der Waals surface area contributed by atoms with Crippen molar-refractivity contribution in [3.05, 3.63) is 29.8 Å². The van der Waals surface area contributed by atoms with Crippen LogP contribution in [-0.2, 0) is 6.42 Å². The molecule has 0 fully saturated rings. The Hall–Kier alpha value is -1.02. The van der Waals surface area contributed by atoms with Crippen LogP contribution in [0, 0.1) is 5.41 Å². The number of hydrogen-bond acceptors (Lipinski definition) is 2. The van der Waals surface area contributed by atoms with Crippen LogP contribution >= 0.6 is 0 Å². The number of ether oxygens (including phenoxy) is 1. The van der Waals surface area contributed by atoms with E-state index in [9.17, 15) is 0 Å². The van der Waals surface area contributed by atoms with Gasteiger partial charge in [0.15, 0.2) is 0 Å². The van der Waals surface area contributed by atoms with Crippen LogP contribution in [-0.4, -0.2) is 20.2 Å². The standard InChI is InChI=1S/C16H27NO/c1-5-10-17-13-16(3,6-2)12-14-8-7-9-15(11-14)18-4/h7-9,11,17H,5-6,10,12-13H2,1-4H3. The van der Waals surface area contributed by atoms with Gasteiger partial charge in [-0.25, -0.2) is 0 Å². The molecule has 0 aliphatic carbocycles. The van der Waals surface area contributed by atoms with Gasteiger partial charge in [0.05, 0.1) is 7.11 Å². The first-order valence-electron chi connectivity index (χ1n) is 6.97. The van der Waals surface area contributed by atoms with Crippen LogP contribution in [0.5, 0.6) is 5.75 Å². The zero-order valence-corrected chi connectivity index (χ0v) is 12.3. The van der Waals surface area contributed by atoms with E-state index >= 15 is 0 Å². The van der Waals surface area contributed by atoms with Crippen molar-refractivity contribution in [3.8, 4) is 5.75 Å². The Morgan fingerprint density at radius 1 is 1.28 bits per heavy atom. The largest absolute Gasteiger partial charge is 0.497 e. The van der Waals surface area contributed by atoms with Gasteiger partial charge in [-0.2, -0.15) is 0 Å². The van der Waals surface area contributed by atoms with E-state index in [1.54, 1.807) is 7.11 Å². The fourth-order valence-corrected chi connectivity index (χ4v) is 2.15. The molecule has 0 bridgehead atoms. The maximum Gasteiger partial charge on any atom is 0.119 e. The van der Waals surface area contributed by atoms with E-state index in [1.165, 1.54) is 18.4 Å². The summed E-state index contributed by atoms with van der Waals surface area (Å²) in [4.78, 5) is 0. The summed E-state index contributed by atoms with van der Waals surface area (Å²) in [5, 5.41) is 3.54. The second kappa shape index (κ2) is 7.42. The number of nitrogens with one attached hydrogen (secondary N) is 1. The van der Waals surface area contributed by atoms with Gasteiger partial charge in [-0.15, -0.1) is 0 Å². The second-order valence-electron chi connectivity index (χ2n) is 5.37. The molecule has 0 saturated carbocycles. The molecule has 1 unspecified atom stereocenters. The molecule has 0 aromatic heterocycles. The molecule has 2 heteroatoms. The maximum atomic E-state index is 5.29. The van der Waals surface area contributed by atoms with Crippen LogP contribution in [0.25, 0.3) is 0 Å². The fourth-order valence-electron chi connectivity index (χ4n) is 2.15. The number of hydrogen-bond donors (Lipinski definition) is 1. The third kappa shape index (κ3) is 4.69. The lowest BCUT2D eigenvalue weighted by Gasteiger charge is -2.29. The molecule has 1 aromatic rings. The average molecular weight is 249 g/mol. The monoisotopic (exact) mass is 249 g/mol. The quantitative estimate of drug-likeness (QED) is 0.710.